The van der Waals surface area contributed by atoms with Crippen molar-refractivity contribution >= 4 is 5.78 Å². The molecule has 3 heteroatoms. The number of hydrogen-bond donors (Lipinski definition) is 1. The minimum atomic E-state index is -0.583. The van der Waals surface area contributed by atoms with Crippen LogP contribution in [0, 0.1) is 5.92 Å². The monoisotopic (exact) mass is 250 g/mol. The number of ether oxygens (including phenoxy) is 1. The first kappa shape index (κ1) is 14.9. The van der Waals surface area contributed by atoms with Gasteiger partial charge in [0.15, 0.2) is 5.78 Å². The lowest BCUT2D eigenvalue weighted by Gasteiger charge is -2.20. The zero-order valence-electron chi connectivity index (χ0n) is 11.3. The second-order valence-electron chi connectivity index (χ2n) is 4.61. The van der Waals surface area contributed by atoms with E-state index in [0.29, 0.717) is 13.0 Å². The van der Waals surface area contributed by atoms with Crippen molar-refractivity contribution in [3.8, 4) is 0 Å². The molecule has 1 aromatic carbocycles. The largest absolute Gasteiger partial charge is 0.392 e. The van der Waals surface area contributed by atoms with Crippen LogP contribution in [0.15, 0.2) is 30.3 Å². The number of carbonyl (C=O) groups is 1. The third kappa shape index (κ3) is 4.24. The van der Waals surface area contributed by atoms with Crippen molar-refractivity contribution < 1.29 is 14.6 Å². The van der Waals surface area contributed by atoms with Crippen LogP contribution in [-0.4, -0.2) is 23.1 Å². The summed E-state index contributed by atoms with van der Waals surface area (Å²) >= 11 is 0. The summed E-state index contributed by atoms with van der Waals surface area (Å²) in [5.41, 5.74) is 1.04. The van der Waals surface area contributed by atoms with Crippen molar-refractivity contribution in [2.75, 3.05) is 0 Å². The van der Waals surface area contributed by atoms with Crippen molar-refractivity contribution in [1.82, 2.24) is 0 Å². The molecule has 100 valence electrons. The molecule has 18 heavy (non-hydrogen) atoms. The molecule has 0 unspecified atom stereocenters. The fourth-order valence-electron chi connectivity index (χ4n) is 1.79. The molecular formula is C15H22O3. The van der Waals surface area contributed by atoms with Crippen LogP contribution in [0.2, 0.25) is 0 Å². The molecule has 0 aromatic heterocycles. The number of benzene rings is 1. The summed E-state index contributed by atoms with van der Waals surface area (Å²) in [6.07, 6.45) is -0.486. The van der Waals surface area contributed by atoms with Gasteiger partial charge in [-0.1, -0.05) is 44.2 Å². The van der Waals surface area contributed by atoms with Gasteiger partial charge in [0.25, 0.3) is 0 Å². The van der Waals surface area contributed by atoms with Gasteiger partial charge in [0.2, 0.25) is 0 Å². The highest BCUT2D eigenvalue weighted by atomic mass is 16.5. The molecule has 0 radical (unpaired) electrons. The summed E-state index contributed by atoms with van der Waals surface area (Å²) in [7, 11) is 0. The molecular weight excluding hydrogens is 228 g/mol. The number of aliphatic hydroxyl groups is 1. The summed E-state index contributed by atoms with van der Waals surface area (Å²) < 4.78 is 5.54. The third-order valence-corrected chi connectivity index (χ3v) is 3.19. The molecule has 0 amide bonds. The van der Waals surface area contributed by atoms with E-state index in [2.05, 4.69) is 0 Å². The van der Waals surface area contributed by atoms with E-state index in [9.17, 15) is 9.90 Å². The first-order valence-corrected chi connectivity index (χ1v) is 6.43. The van der Waals surface area contributed by atoms with Crippen LogP contribution >= 0.6 is 0 Å². The van der Waals surface area contributed by atoms with Gasteiger partial charge in [-0.3, -0.25) is 4.79 Å². The molecule has 0 saturated carbocycles. The molecule has 0 spiro atoms. The van der Waals surface area contributed by atoms with Crippen LogP contribution in [0.4, 0.5) is 0 Å². The quantitative estimate of drug-likeness (QED) is 0.809. The molecule has 0 aliphatic rings. The number of carbonyl (C=O) groups excluding carboxylic acids is 1. The van der Waals surface area contributed by atoms with Crippen molar-refractivity contribution in [1.29, 1.82) is 0 Å². The molecule has 0 heterocycles. The van der Waals surface area contributed by atoms with Gasteiger partial charge in [0, 0.05) is 5.92 Å². The van der Waals surface area contributed by atoms with E-state index in [0.717, 1.165) is 5.56 Å². The van der Waals surface area contributed by atoms with Gasteiger partial charge < -0.3 is 9.84 Å². The van der Waals surface area contributed by atoms with Gasteiger partial charge in [0.1, 0.15) is 6.10 Å². The maximum absolute atomic E-state index is 12.0. The number of hydrogen-bond acceptors (Lipinski definition) is 3. The fourth-order valence-corrected chi connectivity index (χ4v) is 1.79. The highest BCUT2D eigenvalue weighted by Crippen LogP contribution is 2.13. The normalized spacial score (nSPS) is 16.0. The van der Waals surface area contributed by atoms with Gasteiger partial charge in [-0.05, 0) is 18.9 Å². The molecule has 1 N–H and O–H groups in total. The van der Waals surface area contributed by atoms with Crippen LogP contribution in [0.25, 0.3) is 0 Å². The maximum atomic E-state index is 12.0. The van der Waals surface area contributed by atoms with Gasteiger partial charge in [-0.2, -0.15) is 0 Å². The lowest BCUT2D eigenvalue weighted by atomic mass is 9.95. The van der Waals surface area contributed by atoms with Crippen LogP contribution in [0.5, 0.6) is 0 Å². The smallest absolute Gasteiger partial charge is 0.166 e. The van der Waals surface area contributed by atoms with Crippen LogP contribution < -0.4 is 0 Å². The highest BCUT2D eigenvalue weighted by molar-refractivity contribution is 5.85. The predicted molar refractivity (Wildman–Crippen MR) is 71.2 cm³/mol. The number of aliphatic hydroxyl groups excluding tert-OH is 1. The summed E-state index contributed by atoms with van der Waals surface area (Å²) in [4.78, 5) is 12.0. The lowest BCUT2D eigenvalue weighted by molar-refractivity contribution is -0.137. The molecule has 0 aliphatic carbocycles. The van der Waals surface area contributed by atoms with E-state index < -0.39 is 12.2 Å². The summed E-state index contributed by atoms with van der Waals surface area (Å²) in [6.45, 7) is 5.77. The van der Waals surface area contributed by atoms with Crippen molar-refractivity contribution in [3.63, 3.8) is 0 Å². The Morgan fingerprint density at radius 3 is 2.44 bits per heavy atom. The second kappa shape index (κ2) is 7.29. The van der Waals surface area contributed by atoms with Crippen molar-refractivity contribution in [2.45, 2.75) is 46.0 Å². The van der Waals surface area contributed by atoms with E-state index in [1.807, 2.05) is 37.3 Å². The fraction of sp³-hybridized carbons (Fsp3) is 0.533. The number of ketones is 1. The van der Waals surface area contributed by atoms with E-state index in [-0.39, 0.29) is 11.7 Å². The van der Waals surface area contributed by atoms with E-state index in [1.54, 1.807) is 13.8 Å². The first-order valence-electron chi connectivity index (χ1n) is 6.43. The Balaban J connectivity index is 2.45. The minimum absolute atomic E-state index is 0.0414. The Kier molecular flexibility index (Phi) is 6.02. The average molecular weight is 250 g/mol. The van der Waals surface area contributed by atoms with Gasteiger partial charge in [0.05, 0.1) is 12.7 Å². The summed E-state index contributed by atoms with van der Waals surface area (Å²) in [5.74, 6) is -0.416. The lowest BCUT2D eigenvalue weighted by Crippen LogP contribution is -2.33. The topological polar surface area (TPSA) is 46.5 Å². The van der Waals surface area contributed by atoms with Crippen molar-refractivity contribution in [3.05, 3.63) is 35.9 Å². The summed E-state index contributed by atoms with van der Waals surface area (Å²) in [6, 6.07) is 9.74. The number of rotatable bonds is 7. The molecule has 0 bridgehead atoms. The average Bonchev–Trinajstić information content (AvgIpc) is 2.43. The van der Waals surface area contributed by atoms with E-state index in [1.165, 1.54) is 0 Å². The molecule has 3 atom stereocenters. The Morgan fingerprint density at radius 2 is 1.89 bits per heavy atom. The Morgan fingerprint density at radius 1 is 1.28 bits per heavy atom. The standard InChI is InChI=1S/C15H22O3/c1-4-14(16)11(2)15(17)12(3)18-10-13-8-6-5-7-9-13/h5-9,11-12,14,16H,4,10H2,1-3H3/t11-,12+,14+/m1/s1. The molecule has 1 rings (SSSR count). The molecule has 1 aromatic rings. The maximum Gasteiger partial charge on any atom is 0.166 e. The molecule has 0 aliphatic heterocycles. The van der Waals surface area contributed by atoms with Gasteiger partial charge >= 0.3 is 0 Å². The predicted octanol–water partition coefficient (Wildman–Crippen LogP) is 2.57. The Bertz CT molecular complexity index is 361. The SMILES string of the molecule is CC[C@H](O)[C@@H](C)C(=O)[C@H](C)OCc1ccccc1. The van der Waals surface area contributed by atoms with Gasteiger partial charge in [-0.25, -0.2) is 0 Å². The van der Waals surface area contributed by atoms with Crippen molar-refractivity contribution in [2.24, 2.45) is 5.92 Å². The molecule has 3 nitrogen and oxygen atoms in total. The van der Waals surface area contributed by atoms with Crippen LogP contribution in [0.3, 0.4) is 0 Å². The van der Waals surface area contributed by atoms with Crippen LogP contribution in [-0.2, 0) is 16.1 Å². The first-order chi connectivity index (χ1) is 8.56. The third-order valence-electron chi connectivity index (χ3n) is 3.19. The zero-order chi connectivity index (χ0) is 13.5. The minimum Gasteiger partial charge on any atom is -0.392 e. The second-order valence-corrected chi connectivity index (χ2v) is 4.61. The number of Topliss-reactive ketones (excluding diaryl/α,β-unsaturated/α-hetero) is 1. The van der Waals surface area contributed by atoms with E-state index in [4.69, 9.17) is 4.74 Å². The zero-order valence-corrected chi connectivity index (χ0v) is 11.3. The highest BCUT2D eigenvalue weighted by Gasteiger charge is 2.25. The van der Waals surface area contributed by atoms with Crippen LogP contribution in [0.1, 0.15) is 32.8 Å². The van der Waals surface area contributed by atoms with Gasteiger partial charge in [-0.15, -0.1) is 0 Å². The molecule has 0 fully saturated rings. The molecule has 0 saturated heterocycles. The van der Waals surface area contributed by atoms with E-state index >= 15 is 0 Å². The Hall–Kier alpha value is -1.19. The Labute approximate surface area is 109 Å². The summed E-state index contributed by atoms with van der Waals surface area (Å²) in [5, 5.41) is 9.65.